The number of amides is 2. The van der Waals surface area contributed by atoms with Gasteiger partial charge < -0.3 is 15.0 Å². The van der Waals surface area contributed by atoms with Crippen molar-refractivity contribution in [3.63, 3.8) is 0 Å². The van der Waals surface area contributed by atoms with Gasteiger partial charge in [0.15, 0.2) is 0 Å². The third-order valence-electron chi connectivity index (χ3n) is 7.72. The Bertz CT molecular complexity index is 1850. The van der Waals surface area contributed by atoms with Crippen LogP contribution in [0.1, 0.15) is 30.0 Å². The summed E-state index contributed by atoms with van der Waals surface area (Å²) in [5, 5.41) is 14.5. The van der Waals surface area contributed by atoms with E-state index in [0.29, 0.717) is 18.7 Å². The van der Waals surface area contributed by atoms with Gasteiger partial charge in [-0.3, -0.25) is 24.0 Å². The molecule has 0 aromatic heterocycles. The summed E-state index contributed by atoms with van der Waals surface area (Å²) in [5.74, 6) is -1.47. The first kappa shape index (κ1) is 35.6. The number of nitro benzene ring substituents is 1. The van der Waals surface area contributed by atoms with Gasteiger partial charge in [-0.2, -0.15) is 0 Å². The zero-order valence-electron chi connectivity index (χ0n) is 26.8. The topological polar surface area (TPSA) is 139 Å². The molecule has 0 heterocycles. The minimum atomic E-state index is -4.61. The van der Waals surface area contributed by atoms with Crippen LogP contribution in [0, 0.1) is 22.9 Å². The van der Waals surface area contributed by atoms with Gasteiger partial charge in [0.1, 0.15) is 24.2 Å². The average Bonchev–Trinajstić information content (AvgIpc) is 3.08. The van der Waals surface area contributed by atoms with Gasteiger partial charge in [-0.1, -0.05) is 61.5 Å². The molecule has 11 nitrogen and oxygen atoms in total. The predicted molar refractivity (Wildman–Crippen MR) is 180 cm³/mol. The highest BCUT2D eigenvalue weighted by Gasteiger charge is 2.35. The van der Waals surface area contributed by atoms with Gasteiger partial charge >= 0.3 is 0 Å². The molecule has 0 radical (unpaired) electrons. The molecule has 0 spiro atoms. The van der Waals surface area contributed by atoms with Gasteiger partial charge in [0.25, 0.3) is 15.7 Å². The molecule has 48 heavy (non-hydrogen) atoms. The zero-order chi connectivity index (χ0) is 34.8. The molecule has 2 amide bonds. The summed E-state index contributed by atoms with van der Waals surface area (Å²) in [6.45, 7) is 2.54. The first-order chi connectivity index (χ1) is 23.0. The van der Waals surface area contributed by atoms with Crippen LogP contribution in [0.25, 0.3) is 0 Å². The van der Waals surface area contributed by atoms with Gasteiger partial charge in [0.2, 0.25) is 11.8 Å². The van der Waals surface area contributed by atoms with Crippen molar-refractivity contribution in [1.82, 2.24) is 10.2 Å². The molecule has 4 rings (SSSR count). The van der Waals surface area contributed by atoms with Crippen LogP contribution in [-0.2, 0) is 32.6 Å². The molecule has 0 fully saturated rings. The van der Waals surface area contributed by atoms with Gasteiger partial charge in [0, 0.05) is 36.7 Å². The fourth-order valence-electron chi connectivity index (χ4n) is 5.08. The number of carbonyl (C=O) groups is 2. The van der Waals surface area contributed by atoms with E-state index in [-0.39, 0.29) is 29.8 Å². The number of methoxy groups -OCH3 is 1. The number of anilines is 1. The second-order valence-electron chi connectivity index (χ2n) is 11.0. The SMILES string of the molecule is CCCNC(=O)C(Cc1ccccc1)N(Cc1ccccc1F)C(=O)CN(c1ccc(OC)cc1)S(=O)(=O)c1ccc(C)c([N+](=O)[O-])c1. The monoisotopic (exact) mass is 676 g/mol. The minimum absolute atomic E-state index is 0.0632. The second kappa shape index (κ2) is 16.0. The number of carbonyl (C=O) groups excluding carboxylic acids is 2. The van der Waals surface area contributed by atoms with Gasteiger partial charge in [0.05, 0.1) is 22.6 Å². The van der Waals surface area contributed by atoms with Gasteiger partial charge in [-0.05, 0) is 55.3 Å². The van der Waals surface area contributed by atoms with Crippen molar-refractivity contribution in [1.29, 1.82) is 0 Å². The van der Waals surface area contributed by atoms with Crippen LogP contribution in [0.5, 0.6) is 5.75 Å². The van der Waals surface area contributed by atoms with Gasteiger partial charge in [-0.15, -0.1) is 0 Å². The lowest BCUT2D eigenvalue weighted by molar-refractivity contribution is -0.385. The molecule has 4 aromatic carbocycles. The van der Waals surface area contributed by atoms with Crippen LogP contribution in [0.4, 0.5) is 15.8 Å². The van der Waals surface area contributed by atoms with Crippen molar-refractivity contribution in [2.75, 3.05) is 24.5 Å². The Balaban J connectivity index is 1.84. The predicted octanol–water partition coefficient (Wildman–Crippen LogP) is 5.41. The van der Waals surface area contributed by atoms with Crippen molar-refractivity contribution in [2.45, 2.75) is 44.2 Å². The third kappa shape index (κ3) is 8.53. The van der Waals surface area contributed by atoms with Crippen LogP contribution >= 0.6 is 0 Å². The van der Waals surface area contributed by atoms with Crippen molar-refractivity contribution in [3.8, 4) is 5.75 Å². The molecule has 0 aliphatic carbocycles. The smallest absolute Gasteiger partial charge is 0.273 e. The number of ether oxygens (including phenoxy) is 1. The summed E-state index contributed by atoms with van der Waals surface area (Å²) in [6, 6.07) is 23.0. The second-order valence-corrected chi connectivity index (χ2v) is 12.9. The molecule has 0 aliphatic heterocycles. The normalized spacial score (nSPS) is 11.8. The Kier molecular flexibility index (Phi) is 11.9. The van der Waals surface area contributed by atoms with Gasteiger partial charge in [-0.25, -0.2) is 12.8 Å². The van der Waals surface area contributed by atoms with Crippen molar-refractivity contribution < 1.29 is 32.1 Å². The highest BCUT2D eigenvalue weighted by molar-refractivity contribution is 7.92. The third-order valence-corrected chi connectivity index (χ3v) is 9.49. The number of rotatable bonds is 15. The molecular weight excluding hydrogens is 639 g/mol. The maximum Gasteiger partial charge on any atom is 0.273 e. The van der Waals surface area contributed by atoms with E-state index in [1.807, 2.05) is 13.0 Å². The average molecular weight is 677 g/mol. The molecule has 1 N–H and O–H groups in total. The number of nitrogens with one attached hydrogen (secondary N) is 1. The fourth-order valence-corrected chi connectivity index (χ4v) is 6.52. The molecule has 1 unspecified atom stereocenters. The molecule has 0 bridgehead atoms. The quantitative estimate of drug-likeness (QED) is 0.131. The van der Waals surface area contributed by atoms with Crippen molar-refractivity contribution >= 4 is 33.2 Å². The van der Waals surface area contributed by atoms with E-state index in [2.05, 4.69) is 5.32 Å². The molecule has 1 atom stereocenters. The highest BCUT2D eigenvalue weighted by Crippen LogP contribution is 2.30. The molecule has 4 aromatic rings. The highest BCUT2D eigenvalue weighted by atomic mass is 32.2. The van der Waals surface area contributed by atoms with E-state index < -0.39 is 55.7 Å². The summed E-state index contributed by atoms with van der Waals surface area (Å²) >= 11 is 0. The van der Waals surface area contributed by atoms with Crippen LogP contribution in [-0.4, -0.2) is 56.3 Å². The maximum atomic E-state index is 15.0. The first-order valence-corrected chi connectivity index (χ1v) is 16.7. The van der Waals surface area contributed by atoms with Crippen LogP contribution in [0.2, 0.25) is 0 Å². The van der Waals surface area contributed by atoms with Crippen LogP contribution < -0.4 is 14.4 Å². The number of benzene rings is 4. The molecule has 13 heteroatoms. The summed E-state index contributed by atoms with van der Waals surface area (Å²) in [5.41, 5.74) is 0.762. The summed E-state index contributed by atoms with van der Waals surface area (Å²) in [4.78, 5) is 39.9. The Hall–Kier alpha value is -5.30. The first-order valence-electron chi connectivity index (χ1n) is 15.2. The van der Waals surface area contributed by atoms with E-state index in [0.717, 1.165) is 15.9 Å². The van der Waals surface area contributed by atoms with E-state index >= 15 is 4.39 Å². The largest absolute Gasteiger partial charge is 0.497 e. The standard InChI is InChI=1S/C35H37FN4O7S/c1-4-20-37-35(42)33(21-26-10-6-5-7-11-26)38(23-27-12-8-9-13-31(27)36)34(41)24-39(28-15-17-29(47-3)18-16-28)48(45,46)30-19-14-25(2)32(22-30)40(43)44/h5-19,22,33H,4,20-21,23-24H2,1-3H3,(H,37,42). The Morgan fingerprint density at radius 1 is 0.979 bits per heavy atom. The number of sulfonamides is 1. The Labute approximate surface area is 279 Å². The van der Waals surface area contributed by atoms with E-state index in [9.17, 15) is 28.1 Å². The molecule has 252 valence electrons. The Morgan fingerprint density at radius 3 is 2.27 bits per heavy atom. The molecule has 0 saturated heterocycles. The summed E-state index contributed by atoms with van der Waals surface area (Å²) in [7, 11) is -3.17. The number of nitro groups is 1. The Morgan fingerprint density at radius 2 is 1.65 bits per heavy atom. The fraction of sp³-hybridized carbons (Fsp3) is 0.257. The minimum Gasteiger partial charge on any atom is -0.497 e. The molecule has 0 saturated carbocycles. The van der Waals surface area contributed by atoms with Crippen molar-refractivity contribution in [2.24, 2.45) is 0 Å². The number of halogens is 1. The van der Waals surface area contributed by atoms with E-state index in [1.54, 1.807) is 30.3 Å². The molecular formula is C35H37FN4O7S. The maximum absolute atomic E-state index is 15.0. The number of hydrogen-bond acceptors (Lipinski definition) is 7. The van der Waals surface area contributed by atoms with E-state index in [1.165, 1.54) is 73.5 Å². The lowest BCUT2D eigenvalue weighted by Crippen LogP contribution is -2.53. The van der Waals surface area contributed by atoms with E-state index in [4.69, 9.17) is 4.74 Å². The lowest BCUT2D eigenvalue weighted by Gasteiger charge is -2.34. The zero-order valence-corrected chi connectivity index (χ0v) is 27.7. The molecule has 0 aliphatic rings. The van der Waals surface area contributed by atoms with Crippen LogP contribution in [0.3, 0.4) is 0 Å². The summed E-state index contributed by atoms with van der Waals surface area (Å²) in [6.07, 6.45) is 0.688. The number of nitrogens with zero attached hydrogens (tertiary/aromatic N) is 3. The van der Waals surface area contributed by atoms with Crippen molar-refractivity contribution in [3.05, 3.63) is 130 Å². The van der Waals surface area contributed by atoms with Crippen LogP contribution in [0.15, 0.2) is 102 Å². The summed E-state index contributed by atoms with van der Waals surface area (Å²) < 4.78 is 49.6. The number of hydrogen-bond donors (Lipinski definition) is 1. The number of aryl methyl sites for hydroxylation is 1. The lowest BCUT2D eigenvalue weighted by atomic mass is 10.0.